The van der Waals surface area contributed by atoms with E-state index in [1.54, 1.807) is 11.8 Å². The van der Waals surface area contributed by atoms with Crippen LogP contribution in [0.4, 0.5) is 0 Å². The topological polar surface area (TPSA) is 73.8 Å². The van der Waals surface area contributed by atoms with Crippen LogP contribution in [0, 0.1) is 5.41 Å². The van der Waals surface area contributed by atoms with Gasteiger partial charge in [0, 0.05) is 23.1 Å². The number of thioether (sulfide) groups is 1. The third kappa shape index (κ3) is 4.10. The average molecular weight is 403 g/mol. The summed E-state index contributed by atoms with van der Waals surface area (Å²) in [6.45, 7) is 0. The summed E-state index contributed by atoms with van der Waals surface area (Å²) in [4.78, 5) is 27.9. The van der Waals surface area contributed by atoms with Crippen molar-refractivity contribution in [1.29, 1.82) is 5.41 Å². The van der Waals surface area contributed by atoms with Gasteiger partial charge in [-0.3, -0.25) is 9.59 Å². The number of pyridine rings is 1. The molecule has 2 aromatic carbocycles. The second-order valence-corrected chi connectivity index (χ2v) is 8.17. The molecule has 0 aliphatic heterocycles. The predicted molar refractivity (Wildman–Crippen MR) is 117 cm³/mol. The van der Waals surface area contributed by atoms with Crippen LogP contribution in [0.25, 0.3) is 0 Å². The van der Waals surface area contributed by atoms with Gasteiger partial charge in [0.1, 0.15) is 0 Å². The number of fused-ring (bicyclic) bond motifs is 1. The third-order valence-corrected chi connectivity index (χ3v) is 6.43. The van der Waals surface area contributed by atoms with E-state index in [0.717, 1.165) is 41.8 Å². The minimum Gasteiger partial charge on any atom is -0.316 e. The van der Waals surface area contributed by atoms with E-state index < -0.39 is 0 Å². The molecule has 29 heavy (non-hydrogen) atoms. The summed E-state index contributed by atoms with van der Waals surface area (Å²) in [7, 11) is 0. The summed E-state index contributed by atoms with van der Waals surface area (Å²) >= 11 is 1.62. The van der Waals surface area contributed by atoms with Gasteiger partial charge < -0.3 is 10.4 Å². The Kier molecular flexibility index (Phi) is 5.76. The molecule has 5 heteroatoms. The summed E-state index contributed by atoms with van der Waals surface area (Å²) in [6.07, 6.45) is 5.17. The largest absolute Gasteiger partial charge is 0.316 e. The van der Waals surface area contributed by atoms with Crippen molar-refractivity contribution in [3.8, 4) is 0 Å². The number of nitrogens with one attached hydrogen (secondary N) is 2. The SMILES string of the molecule is N=Cc1c2c(c(SCc3ccc(C(=O)c4ccccc4)cc3)[nH]c1=O)CCCC2. The maximum Gasteiger partial charge on any atom is 0.257 e. The highest BCUT2D eigenvalue weighted by Crippen LogP contribution is 2.31. The fourth-order valence-corrected chi connectivity index (χ4v) is 4.84. The van der Waals surface area contributed by atoms with Crippen LogP contribution in [0.1, 0.15) is 51.0 Å². The third-order valence-electron chi connectivity index (χ3n) is 5.32. The zero-order valence-corrected chi connectivity index (χ0v) is 16.9. The van der Waals surface area contributed by atoms with Crippen LogP contribution in [0.3, 0.4) is 0 Å². The molecule has 1 heterocycles. The van der Waals surface area contributed by atoms with Crippen molar-refractivity contribution < 1.29 is 4.79 Å². The molecule has 4 nitrogen and oxygen atoms in total. The number of ketones is 1. The van der Waals surface area contributed by atoms with Crippen LogP contribution in [0.2, 0.25) is 0 Å². The molecule has 0 radical (unpaired) electrons. The molecule has 0 fully saturated rings. The molecular formula is C24H22N2O2S. The summed E-state index contributed by atoms with van der Waals surface area (Å²) in [6, 6.07) is 16.9. The lowest BCUT2D eigenvalue weighted by Crippen LogP contribution is -2.21. The zero-order valence-electron chi connectivity index (χ0n) is 16.0. The maximum absolute atomic E-state index is 12.5. The molecule has 1 aliphatic carbocycles. The fraction of sp³-hybridized carbons (Fsp3) is 0.208. The smallest absolute Gasteiger partial charge is 0.257 e. The van der Waals surface area contributed by atoms with E-state index in [1.165, 1.54) is 11.8 Å². The van der Waals surface area contributed by atoms with Crippen LogP contribution in [0.15, 0.2) is 64.4 Å². The highest BCUT2D eigenvalue weighted by Gasteiger charge is 2.19. The van der Waals surface area contributed by atoms with Gasteiger partial charge in [-0.05, 0) is 42.4 Å². The number of carbonyl (C=O) groups excluding carboxylic acids is 1. The van der Waals surface area contributed by atoms with E-state index in [4.69, 9.17) is 5.41 Å². The van der Waals surface area contributed by atoms with E-state index >= 15 is 0 Å². The molecule has 0 bridgehead atoms. The van der Waals surface area contributed by atoms with Gasteiger partial charge >= 0.3 is 0 Å². The second kappa shape index (κ2) is 8.62. The van der Waals surface area contributed by atoms with Gasteiger partial charge in [-0.25, -0.2) is 0 Å². The first kappa shape index (κ1) is 19.4. The minimum atomic E-state index is -0.174. The predicted octanol–water partition coefficient (Wildman–Crippen LogP) is 4.77. The molecular weight excluding hydrogens is 380 g/mol. The van der Waals surface area contributed by atoms with E-state index in [-0.39, 0.29) is 11.3 Å². The molecule has 0 amide bonds. The van der Waals surface area contributed by atoms with Gasteiger partial charge in [-0.1, -0.05) is 54.6 Å². The minimum absolute atomic E-state index is 0.0189. The summed E-state index contributed by atoms with van der Waals surface area (Å²) in [5.74, 6) is 0.733. The molecule has 1 aliphatic rings. The van der Waals surface area contributed by atoms with Crippen molar-refractivity contribution in [3.05, 3.63) is 98.3 Å². The first-order valence-electron chi connectivity index (χ1n) is 9.77. The summed E-state index contributed by atoms with van der Waals surface area (Å²) in [5.41, 5.74) is 5.02. The second-order valence-electron chi connectivity index (χ2n) is 7.19. The van der Waals surface area contributed by atoms with Gasteiger partial charge in [0.25, 0.3) is 5.56 Å². The Balaban J connectivity index is 1.51. The Morgan fingerprint density at radius 2 is 1.62 bits per heavy atom. The van der Waals surface area contributed by atoms with Gasteiger partial charge in [-0.15, -0.1) is 11.8 Å². The number of carbonyl (C=O) groups is 1. The molecule has 0 unspecified atom stereocenters. The Morgan fingerprint density at radius 3 is 2.31 bits per heavy atom. The molecule has 0 saturated heterocycles. The number of hydrogen-bond donors (Lipinski definition) is 2. The van der Waals surface area contributed by atoms with Crippen molar-refractivity contribution in [2.45, 2.75) is 36.5 Å². The van der Waals surface area contributed by atoms with Gasteiger partial charge in [0.2, 0.25) is 0 Å². The lowest BCUT2D eigenvalue weighted by Gasteiger charge is -2.20. The Hall–Kier alpha value is -2.92. The highest BCUT2D eigenvalue weighted by atomic mass is 32.2. The van der Waals surface area contributed by atoms with E-state index in [9.17, 15) is 9.59 Å². The number of H-pyrrole nitrogens is 1. The number of benzene rings is 2. The normalized spacial score (nSPS) is 13.0. The first-order chi connectivity index (χ1) is 14.2. The van der Waals surface area contributed by atoms with Crippen molar-refractivity contribution in [1.82, 2.24) is 4.98 Å². The van der Waals surface area contributed by atoms with E-state index in [2.05, 4.69) is 4.98 Å². The number of aromatic amines is 1. The summed E-state index contributed by atoms with van der Waals surface area (Å²) in [5, 5.41) is 8.49. The van der Waals surface area contributed by atoms with Gasteiger partial charge in [-0.2, -0.15) is 0 Å². The van der Waals surface area contributed by atoms with Crippen LogP contribution in [-0.2, 0) is 18.6 Å². The average Bonchev–Trinajstić information content (AvgIpc) is 2.78. The van der Waals surface area contributed by atoms with Gasteiger partial charge in [0.05, 0.1) is 10.6 Å². The standard InChI is InChI=1S/C24H22N2O2S/c25-14-21-19-8-4-5-9-20(19)24(26-23(21)28)29-15-16-10-12-18(13-11-16)22(27)17-6-2-1-3-7-17/h1-3,6-7,10-14,25H,4-5,8-9,15H2,(H,26,28). The molecule has 2 N–H and O–H groups in total. The van der Waals surface area contributed by atoms with Crippen LogP contribution in [-0.4, -0.2) is 17.0 Å². The number of rotatable bonds is 6. The van der Waals surface area contributed by atoms with Crippen LogP contribution < -0.4 is 5.56 Å². The summed E-state index contributed by atoms with van der Waals surface area (Å²) < 4.78 is 0. The molecule has 0 saturated carbocycles. The first-order valence-corrected chi connectivity index (χ1v) is 10.8. The Morgan fingerprint density at radius 1 is 0.966 bits per heavy atom. The molecule has 146 valence electrons. The molecule has 1 aromatic heterocycles. The van der Waals surface area contributed by atoms with E-state index in [0.29, 0.717) is 22.4 Å². The van der Waals surface area contributed by atoms with Crippen molar-refractivity contribution in [2.24, 2.45) is 0 Å². The van der Waals surface area contributed by atoms with Crippen molar-refractivity contribution >= 4 is 23.8 Å². The molecule has 3 aromatic rings. The lowest BCUT2D eigenvalue weighted by atomic mass is 9.90. The quantitative estimate of drug-likeness (QED) is 0.354. The van der Waals surface area contributed by atoms with Crippen LogP contribution in [0.5, 0.6) is 0 Å². The van der Waals surface area contributed by atoms with Crippen molar-refractivity contribution in [2.75, 3.05) is 0 Å². The Labute approximate surface area is 173 Å². The molecule has 0 atom stereocenters. The molecule has 0 spiro atoms. The molecule has 4 rings (SSSR count). The number of aromatic nitrogens is 1. The zero-order chi connectivity index (χ0) is 20.2. The fourth-order valence-electron chi connectivity index (χ4n) is 3.78. The highest BCUT2D eigenvalue weighted by molar-refractivity contribution is 7.98. The van der Waals surface area contributed by atoms with Crippen LogP contribution >= 0.6 is 11.8 Å². The Bertz CT molecular complexity index is 1100. The lowest BCUT2D eigenvalue weighted by molar-refractivity contribution is 0.103. The van der Waals surface area contributed by atoms with Gasteiger partial charge in [0.15, 0.2) is 5.78 Å². The number of hydrogen-bond acceptors (Lipinski definition) is 4. The maximum atomic E-state index is 12.5. The monoisotopic (exact) mass is 402 g/mol. The van der Waals surface area contributed by atoms with Crippen molar-refractivity contribution in [3.63, 3.8) is 0 Å². The van der Waals surface area contributed by atoms with E-state index in [1.807, 2.05) is 54.6 Å².